The molecular formula is C14H16Br2N4O. The average Bonchev–Trinajstić information content (AvgIpc) is 2.43. The van der Waals surface area contributed by atoms with Crippen LogP contribution in [0.1, 0.15) is 5.56 Å². The minimum Gasteiger partial charge on any atom is -0.323 e. The van der Waals surface area contributed by atoms with Gasteiger partial charge in [-0.05, 0) is 56.5 Å². The number of hydrogen-bond donors (Lipinski definition) is 2. The normalized spacial score (nSPS) is 19.0. The van der Waals surface area contributed by atoms with Gasteiger partial charge in [0, 0.05) is 28.6 Å². The molecule has 0 bridgehead atoms. The molecule has 21 heavy (non-hydrogen) atoms. The molecule has 1 aliphatic rings. The number of piperazine rings is 1. The zero-order valence-corrected chi connectivity index (χ0v) is 14.8. The zero-order chi connectivity index (χ0) is 15.4. The highest BCUT2D eigenvalue weighted by Gasteiger charge is 2.24. The summed E-state index contributed by atoms with van der Waals surface area (Å²) in [5.41, 5.74) is 1.81. The van der Waals surface area contributed by atoms with Crippen molar-refractivity contribution in [3.8, 4) is 6.07 Å². The third-order valence-corrected chi connectivity index (χ3v) is 4.55. The number of hydrogen-bond acceptors (Lipinski definition) is 4. The number of nitrogens with one attached hydrogen (secondary N) is 2. The van der Waals surface area contributed by atoms with Gasteiger partial charge in [-0.1, -0.05) is 0 Å². The molecule has 2 N–H and O–H groups in total. The Morgan fingerprint density at radius 1 is 1.52 bits per heavy atom. The lowest BCUT2D eigenvalue weighted by atomic mass is 10.2. The Labute approximate surface area is 140 Å². The van der Waals surface area contributed by atoms with Gasteiger partial charge in [0.05, 0.1) is 18.3 Å². The third kappa shape index (κ3) is 4.27. The monoisotopic (exact) mass is 414 g/mol. The van der Waals surface area contributed by atoms with Crippen LogP contribution < -0.4 is 10.6 Å². The second kappa shape index (κ2) is 7.36. The van der Waals surface area contributed by atoms with Crippen LogP contribution in [0.25, 0.3) is 0 Å². The summed E-state index contributed by atoms with van der Waals surface area (Å²) in [5, 5.41) is 15.2. The summed E-state index contributed by atoms with van der Waals surface area (Å²) in [6.45, 7) is 4.29. The first-order valence-corrected chi connectivity index (χ1v) is 8.19. The number of aryl methyl sites for hydroxylation is 1. The van der Waals surface area contributed by atoms with Crippen molar-refractivity contribution in [2.24, 2.45) is 0 Å². The molecular weight excluding hydrogens is 400 g/mol. The average molecular weight is 416 g/mol. The maximum Gasteiger partial charge on any atom is 0.238 e. The molecule has 1 aromatic rings. The Morgan fingerprint density at radius 2 is 2.19 bits per heavy atom. The molecule has 1 unspecified atom stereocenters. The highest BCUT2D eigenvalue weighted by Crippen LogP contribution is 2.32. The second-order valence-corrected chi connectivity index (χ2v) is 6.68. The first-order valence-electron chi connectivity index (χ1n) is 6.61. The van der Waals surface area contributed by atoms with E-state index in [9.17, 15) is 4.79 Å². The Hall–Kier alpha value is -0.940. The summed E-state index contributed by atoms with van der Waals surface area (Å²) in [6, 6.07) is 5.86. The Kier molecular flexibility index (Phi) is 5.76. The van der Waals surface area contributed by atoms with Crippen LogP contribution in [0.4, 0.5) is 5.69 Å². The van der Waals surface area contributed by atoms with Gasteiger partial charge in [-0.2, -0.15) is 5.26 Å². The van der Waals surface area contributed by atoms with Crippen LogP contribution >= 0.6 is 31.9 Å². The fourth-order valence-electron chi connectivity index (χ4n) is 2.25. The maximum atomic E-state index is 12.2. The maximum absolute atomic E-state index is 12.2. The van der Waals surface area contributed by atoms with Crippen LogP contribution in [0, 0.1) is 18.3 Å². The highest BCUT2D eigenvalue weighted by atomic mass is 79.9. The Morgan fingerprint density at radius 3 is 2.81 bits per heavy atom. The molecule has 1 heterocycles. The molecule has 2 rings (SSSR count). The first-order chi connectivity index (χ1) is 10.0. The minimum atomic E-state index is -0.255. The van der Waals surface area contributed by atoms with E-state index in [0.717, 1.165) is 21.1 Å². The molecule has 1 aromatic carbocycles. The molecule has 0 spiro atoms. The largest absolute Gasteiger partial charge is 0.323 e. The second-order valence-electron chi connectivity index (χ2n) is 4.97. The molecule has 0 radical (unpaired) electrons. The molecule has 1 atom stereocenters. The lowest BCUT2D eigenvalue weighted by molar-refractivity contribution is -0.117. The van der Waals surface area contributed by atoms with Crippen LogP contribution in [-0.2, 0) is 4.79 Å². The number of carbonyl (C=O) groups excluding carboxylic acids is 1. The van der Waals surface area contributed by atoms with Crippen LogP contribution in [0.2, 0.25) is 0 Å². The van der Waals surface area contributed by atoms with E-state index in [1.807, 2.05) is 24.0 Å². The van der Waals surface area contributed by atoms with Gasteiger partial charge < -0.3 is 10.6 Å². The quantitative estimate of drug-likeness (QED) is 0.794. The molecule has 0 aliphatic carbocycles. The number of benzene rings is 1. The Balaban J connectivity index is 2.04. The number of nitrogens with zero attached hydrogens (tertiary/aromatic N) is 2. The fraction of sp³-hybridized carbons (Fsp3) is 0.429. The highest BCUT2D eigenvalue weighted by molar-refractivity contribution is 9.11. The van der Waals surface area contributed by atoms with E-state index in [4.69, 9.17) is 5.26 Å². The van der Waals surface area contributed by atoms with Crippen molar-refractivity contribution in [1.29, 1.82) is 5.26 Å². The zero-order valence-electron chi connectivity index (χ0n) is 11.6. The molecule has 5 nitrogen and oxygen atoms in total. The lowest BCUT2D eigenvalue weighted by Gasteiger charge is -2.31. The molecule has 1 saturated heterocycles. The van der Waals surface area contributed by atoms with Gasteiger partial charge in [0.25, 0.3) is 0 Å². The summed E-state index contributed by atoms with van der Waals surface area (Å²) >= 11 is 6.91. The number of carbonyl (C=O) groups is 1. The van der Waals surface area contributed by atoms with E-state index in [-0.39, 0.29) is 18.5 Å². The van der Waals surface area contributed by atoms with Crippen LogP contribution in [0.15, 0.2) is 21.1 Å². The van der Waals surface area contributed by atoms with Crippen LogP contribution in [0.3, 0.4) is 0 Å². The van der Waals surface area contributed by atoms with E-state index in [0.29, 0.717) is 18.8 Å². The van der Waals surface area contributed by atoms with Crippen molar-refractivity contribution < 1.29 is 4.79 Å². The van der Waals surface area contributed by atoms with Crippen molar-refractivity contribution in [3.05, 3.63) is 26.6 Å². The summed E-state index contributed by atoms with van der Waals surface area (Å²) in [5.74, 6) is -0.123. The van der Waals surface area contributed by atoms with E-state index in [1.165, 1.54) is 0 Å². The smallest absolute Gasteiger partial charge is 0.238 e. The topological polar surface area (TPSA) is 68.2 Å². The summed E-state index contributed by atoms with van der Waals surface area (Å²) in [4.78, 5) is 14.1. The number of amides is 1. The summed E-state index contributed by atoms with van der Waals surface area (Å²) in [6.07, 6.45) is 0. The van der Waals surface area contributed by atoms with Gasteiger partial charge >= 0.3 is 0 Å². The number of anilines is 1. The van der Waals surface area contributed by atoms with Crippen molar-refractivity contribution in [2.45, 2.75) is 13.0 Å². The predicted molar refractivity (Wildman–Crippen MR) is 89.1 cm³/mol. The molecule has 1 aliphatic heterocycles. The fourth-order valence-corrected chi connectivity index (χ4v) is 3.86. The number of halogens is 2. The molecule has 0 saturated carbocycles. The SMILES string of the molecule is Cc1cc(Br)c(NC(=O)CN2CCNCC2C#N)c(Br)c1. The third-order valence-electron chi connectivity index (χ3n) is 3.30. The van der Waals surface area contributed by atoms with Crippen molar-refractivity contribution in [2.75, 3.05) is 31.5 Å². The van der Waals surface area contributed by atoms with Crippen molar-refractivity contribution in [1.82, 2.24) is 10.2 Å². The number of nitriles is 1. The predicted octanol–water partition coefficient (Wildman–Crippen LogP) is 2.26. The lowest BCUT2D eigenvalue weighted by Crippen LogP contribution is -2.52. The van der Waals surface area contributed by atoms with Crippen LogP contribution in [0.5, 0.6) is 0 Å². The molecule has 1 amide bonds. The van der Waals surface area contributed by atoms with Gasteiger partial charge in [0.1, 0.15) is 6.04 Å². The van der Waals surface area contributed by atoms with E-state index in [1.54, 1.807) is 0 Å². The molecule has 112 valence electrons. The van der Waals surface area contributed by atoms with Gasteiger partial charge in [-0.15, -0.1) is 0 Å². The van der Waals surface area contributed by atoms with Crippen molar-refractivity contribution in [3.63, 3.8) is 0 Å². The molecule has 7 heteroatoms. The molecule has 0 aromatic heterocycles. The summed E-state index contributed by atoms with van der Waals surface area (Å²) < 4.78 is 1.67. The Bertz CT molecular complexity index is 562. The first kappa shape index (κ1) is 16.4. The van der Waals surface area contributed by atoms with E-state index >= 15 is 0 Å². The van der Waals surface area contributed by atoms with Gasteiger partial charge in [-0.25, -0.2) is 0 Å². The molecule has 1 fully saturated rings. The minimum absolute atomic E-state index is 0.123. The number of rotatable bonds is 3. The van der Waals surface area contributed by atoms with Crippen molar-refractivity contribution >= 4 is 43.5 Å². The van der Waals surface area contributed by atoms with E-state index < -0.39 is 0 Å². The van der Waals surface area contributed by atoms with Gasteiger partial charge in [0.2, 0.25) is 5.91 Å². The summed E-state index contributed by atoms with van der Waals surface area (Å²) in [7, 11) is 0. The van der Waals surface area contributed by atoms with E-state index in [2.05, 4.69) is 48.6 Å². The van der Waals surface area contributed by atoms with Crippen LogP contribution in [-0.4, -0.2) is 43.0 Å². The van der Waals surface area contributed by atoms with Gasteiger partial charge in [-0.3, -0.25) is 9.69 Å². The van der Waals surface area contributed by atoms with Gasteiger partial charge in [0.15, 0.2) is 0 Å². The standard InChI is InChI=1S/C14H16Br2N4O/c1-9-4-11(15)14(12(16)5-9)19-13(21)8-20-3-2-18-7-10(20)6-17/h4-5,10,18H,2-3,7-8H2,1H3,(H,19,21).